The average Bonchev–Trinajstić information content (AvgIpc) is 3.03. The smallest absolute Gasteiger partial charge is 0.194 e. The summed E-state index contributed by atoms with van der Waals surface area (Å²) in [6.45, 7) is 6.99. The SMILES string of the molecule is CC1COC(C2CC=C(c3cc(F)c(F)c(F)c3)OC2)OC1.CC1COC(C2CCC(O)(c3cc(F)c(F)c(F)c3)OC2)OC1.O.P. The summed E-state index contributed by atoms with van der Waals surface area (Å²) < 4.78 is 113. The van der Waals surface area contributed by atoms with Crippen molar-refractivity contribution in [3.8, 4) is 0 Å². The van der Waals surface area contributed by atoms with Crippen molar-refractivity contribution in [2.75, 3.05) is 39.6 Å². The fourth-order valence-electron chi connectivity index (χ4n) is 5.45. The third kappa shape index (κ3) is 9.45. The minimum atomic E-state index is -1.84. The topological polar surface area (TPSA) is 107 Å². The highest BCUT2D eigenvalue weighted by Gasteiger charge is 2.41. The van der Waals surface area contributed by atoms with Gasteiger partial charge in [0.15, 0.2) is 53.3 Å². The molecule has 4 heterocycles. The van der Waals surface area contributed by atoms with Crippen molar-refractivity contribution in [2.45, 2.75) is 51.5 Å². The minimum Gasteiger partial charge on any atom is -0.493 e. The Morgan fingerprint density at radius 3 is 1.57 bits per heavy atom. The van der Waals surface area contributed by atoms with Crippen molar-refractivity contribution >= 4 is 15.7 Å². The largest absolute Gasteiger partial charge is 0.493 e. The molecule has 47 heavy (non-hydrogen) atoms. The molecule has 4 aliphatic heterocycles. The first kappa shape index (κ1) is 39.2. The summed E-state index contributed by atoms with van der Waals surface area (Å²) in [6, 6.07) is 3.38. The lowest BCUT2D eigenvalue weighted by molar-refractivity contribution is -0.288. The van der Waals surface area contributed by atoms with Crippen molar-refractivity contribution < 1.29 is 65.3 Å². The Hall–Kier alpha value is -2.29. The highest BCUT2D eigenvalue weighted by Crippen LogP contribution is 2.38. The molecule has 4 unspecified atom stereocenters. The summed E-state index contributed by atoms with van der Waals surface area (Å²) in [7, 11) is 0. The average molecular weight is 699 g/mol. The van der Waals surface area contributed by atoms with Crippen LogP contribution in [0.15, 0.2) is 30.3 Å². The molecule has 4 atom stereocenters. The fraction of sp³-hybridized carbons (Fsp3) is 0.562. The van der Waals surface area contributed by atoms with Crippen LogP contribution in [0.25, 0.3) is 5.76 Å². The lowest BCUT2D eigenvalue weighted by Gasteiger charge is -2.40. The van der Waals surface area contributed by atoms with Gasteiger partial charge in [0.2, 0.25) is 0 Å². The number of hydrogen-bond acceptors (Lipinski definition) is 7. The predicted molar refractivity (Wildman–Crippen MR) is 162 cm³/mol. The molecule has 264 valence electrons. The Morgan fingerprint density at radius 2 is 1.15 bits per heavy atom. The Morgan fingerprint density at radius 1 is 0.681 bits per heavy atom. The zero-order valence-corrected chi connectivity index (χ0v) is 27.5. The molecule has 0 amide bonds. The van der Waals surface area contributed by atoms with Crippen LogP contribution in [-0.4, -0.2) is 62.8 Å². The molecule has 0 spiro atoms. The van der Waals surface area contributed by atoms with Crippen molar-refractivity contribution in [1.82, 2.24) is 0 Å². The molecule has 15 heteroatoms. The third-order valence-electron chi connectivity index (χ3n) is 8.10. The summed E-state index contributed by atoms with van der Waals surface area (Å²) in [5, 5.41) is 10.5. The number of halogens is 6. The van der Waals surface area contributed by atoms with Gasteiger partial charge < -0.3 is 39.0 Å². The van der Waals surface area contributed by atoms with Gasteiger partial charge in [-0.25, -0.2) is 26.3 Å². The molecule has 2 aromatic rings. The van der Waals surface area contributed by atoms with Crippen LogP contribution in [0.5, 0.6) is 0 Å². The zero-order valence-electron chi connectivity index (χ0n) is 26.1. The second-order valence-electron chi connectivity index (χ2n) is 12.1. The Bertz CT molecular complexity index is 1310. The van der Waals surface area contributed by atoms with Crippen molar-refractivity contribution in [1.29, 1.82) is 0 Å². The molecule has 0 aromatic heterocycles. The van der Waals surface area contributed by atoms with E-state index in [0.717, 1.165) is 24.3 Å². The van der Waals surface area contributed by atoms with Gasteiger partial charge in [-0.1, -0.05) is 13.8 Å². The molecule has 0 aliphatic carbocycles. The van der Waals surface area contributed by atoms with E-state index in [2.05, 4.69) is 0 Å². The molecular weight excluding hydrogens is 657 g/mol. The second-order valence-corrected chi connectivity index (χ2v) is 12.1. The summed E-state index contributed by atoms with van der Waals surface area (Å²) in [5.41, 5.74) is 0.0559. The lowest BCUT2D eigenvalue weighted by Crippen LogP contribution is -2.44. The van der Waals surface area contributed by atoms with E-state index >= 15 is 0 Å². The molecule has 3 N–H and O–H groups in total. The van der Waals surface area contributed by atoms with Gasteiger partial charge >= 0.3 is 0 Å². The lowest BCUT2D eigenvalue weighted by atomic mass is 9.91. The van der Waals surface area contributed by atoms with Gasteiger partial charge in [0.05, 0.1) is 39.6 Å². The summed E-state index contributed by atoms with van der Waals surface area (Å²) >= 11 is 0. The first-order valence-corrected chi connectivity index (χ1v) is 14.9. The zero-order chi connectivity index (χ0) is 32.3. The molecule has 3 saturated heterocycles. The van der Waals surface area contributed by atoms with Crippen LogP contribution in [0.4, 0.5) is 26.3 Å². The van der Waals surface area contributed by atoms with E-state index in [9.17, 15) is 31.4 Å². The Balaban J connectivity index is 0.000000245. The van der Waals surface area contributed by atoms with E-state index in [1.165, 1.54) is 0 Å². The Labute approximate surface area is 272 Å². The number of aliphatic hydroxyl groups is 1. The first-order valence-electron chi connectivity index (χ1n) is 14.9. The number of rotatable bonds is 4. The standard InChI is InChI=1S/C16H19F3O4.C16H17F3O3.H2O.H3P/c1-9-6-21-15(22-7-9)10-2-3-16(20,23-8-10)11-4-12(17)14(19)13(18)5-11;1-9-6-21-16(22-7-9)10-2-3-14(20-8-10)11-4-12(17)15(19)13(18)5-11;;/h4-5,9-10,15,20H,2-3,6-8H2,1H3;3-5,9-10,16H,2,6-8H2,1H3;1H2;1H3. The monoisotopic (exact) mass is 698 g/mol. The van der Waals surface area contributed by atoms with Crippen LogP contribution in [0.2, 0.25) is 0 Å². The highest BCUT2D eigenvalue weighted by molar-refractivity contribution is 6.92. The van der Waals surface area contributed by atoms with Crippen LogP contribution in [0, 0.1) is 58.6 Å². The molecule has 0 bridgehead atoms. The van der Waals surface area contributed by atoms with E-state index in [0.29, 0.717) is 63.5 Å². The second kappa shape index (κ2) is 16.9. The highest BCUT2D eigenvalue weighted by atomic mass is 31.0. The van der Waals surface area contributed by atoms with E-state index in [1.807, 2.05) is 13.8 Å². The first-order chi connectivity index (χ1) is 21.4. The van der Waals surface area contributed by atoms with E-state index in [1.54, 1.807) is 6.08 Å². The summed E-state index contributed by atoms with van der Waals surface area (Å²) in [5.74, 6) is -9.03. The molecule has 2 aromatic carbocycles. The molecular formula is C32H41F6O8P. The van der Waals surface area contributed by atoms with E-state index in [4.69, 9.17) is 28.4 Å². The number of hydrogen-bond donors (Lipinski definition) is 1. The maximum absolute atomic E-state index is 13.3. The van der Waals surface area contributed by atoms with Gasteiger partial charge in [0, 0.05) is 41.2 Å². The van der Waals surface area contributed by atoms with Gasteiger partial charge in [-0.3, -0.25) is 0 Å². The number of allylic oxidation sites excluding steroid dienone is 1. The van der Waals surface area contributed by atoms with Gasteiger partial charge in [-0.05, 0) is 43.2 Å². The van der Waals surface area contributed by atoms with Gasteiger partial charge in [0.25, 0.3) is 0 Å². The van der Waals surface area contributed by atoms with Crippen LogP contribution >= 0.6 is 9.90 Å². The summed E-state index contributed by atoms with van der Waals surface area (Å²) in [6.07, 6.45) is 2.21. The van der Waals surface area contributed by atoms with Crippen LogP contribution in [-0.2, 0) is 34.2 Å². The predicted octanol–water partition coefficient (Wildman–Crippen LogP) is 5.41. The number of ether oxygens (including phenoxy) is 6. The molecule has 0 saturated carbocycles. The van der Waals surface area contributed by atoms with E-state index in [-0.39, 0.29) is 57.7 Å². The maximum Gasteiger partial charge on any atom is 0.194 e. The summed E-state index contributed by atoms with van der Waals surface area (Å²) in [4.78, 5) is 0. The van der Waals surface area contributed by atoms with Gasteiger partial charge in [-0.2, -0.15) is 9.90 Å². The van der Waals surface area contributed by atoms with Crippen molar-refractivity contribution in [3.63, 3.8) is 0 Å². The van der Waals surface area contributed by atoms with E-state index < -0.39 is 47.0 Å². The normalized spacial score (nSPS) is 30.8. The molecule has 4 aliphatic rings. The Kier molecular flexibility index (Phi) is 14.1. The van der Waals surface area contributed by atoms with Crippen molar-refractivity contribution in [2.24, 2.45) is 23.7 Å². The van der Waals surface area contributed by atoms with Crippen molar-refractivity contribution in [3.05, 3.63) is 76.4 Å². The maximum atomic E-state index is 13.3. The number of benzene rings is 2. The quantitative estimate of drug-likeness (QED) is 0.259. The van der Waals surface area contributed by atoms with Gasteiger partial charge in [-0.15, -0.1) is 0 Å². The minimum absolute atomic E-state index is 0. The van der Waals surface area contributed by atoms with Gasteiger partial charge in [0.1, 0.15) is 5.76 Å². The fourth-order valence-corrected chi connectivity index (χ4v) is 5.45. The van der Waals surface area contributed by atoms with Crippen LogP contribution in [0.1, 0.15) is 44.2 Å². The van der Waals surface area contributed by atoms with Crippen LogP contribution < -0.4 is 0 Å². The van der Waals surface area contributed by atoms with Crippen LogP contribution in [0.3, 0.4) is 0 Å². The molecule has 3 fully saturated rings. The molecule has 0 radical (unpaired) electrons. The molecule has 8 nitrogen and oxygen atoms in total. The third-order valence-corrected chi connectivity index (χ3v) is 8.10. The molecule has 6 rings (SSSR count).